The van der Waals surface area contributed by atoms with Gasteiger partial charge in [0.25, 0.3) is 0 Å². The molecule has 0 saturated carbocycles. The Morgan fingerprint density at radius 2 is 2.00 bits per heavy atom. The van der Waals surface area contributed by atoms with E-state index >= 15 is 0 Å². The summed E-state index contributed by atoms with van der Waals surface area (Å²) in [5, 5.41) is 0. The second kappa shape index (κ2) is 4.50. The lowest BCUT2D eigenvalue weighted by atomic mass is 9.93. The molecule has 1 aliphatic rings. The highest BCUT2D eigenvalue weighted by Crippen LogP contribution is 2.30. The third kappa shape index (κ3) is 2.67. The lowest BCUT2D eigenvalue weighted by Crippen LogP contribution is -2.49. The van der Waals surface area contributed by atoms with Crippen LogP contribution in [0, 0.1) is 5.92 Å². The minimum atomic E-state index is -5.22. The first-order valence-electron chi connectivity index (χ1n) is 4.98. The molecular formula is C8H15F3N2O2S. The maximum absolute atomic E-state index is 12.3. The molecule has 16 heavy (non-hydrogen) atoms. The van der Waals surface area contributed by atoms with E-state index in [1.165, 1.54) is 0 Å². The Labute approximate surface area is 92.6 Å². The summed E-state index contributed by atoms with van der Waals surface area (Å²) < 4.78 is 59.6. The Balaban J connectivity index is 2.83. The summed E-state index contributed by atoms with van der Waals surface area (Å²) in [6, 6.07) is -0.300. The Morgan fingerprint density at radius 1 is 1.44 bits per heavy atom. The second-order valence-corrected chi connectivity index (χ2v) is 6.00. The maximum Gasteiger partial charge on any atom is 0.511 e. The van der Waals surface area contributed by atoms with E-state index in [0.717, 1.165) is 0 Å². The minimum absolute atomic E-state index is 0.0783. The molecule has 0 aromatic heterocycles. The summed E-state index contributed by atoms with van der Waals surface area (Å²) in [5.74, 6) is -0.203. The zero-order chi connectivity index (χ0) is 12.6. The van der Waals surface area contributed by atoms with E-state index in [-0.39, 0.29) is 25.0 Å². The standard InChI is InChI=1S/C8H15F3N2O2S/c1-6(12)7-3-2-4-13(5-7)16(14,15)8(9,10)11/h6-7H,2-5,12H2,1H3. The lowest BCUT2D eigenvalue weighted by Gasteiger charge is -2.33. The normalized spacial score (nSPS) is 26.7. The molecule has 0 bridgehead atoms. The number of alkyl halides is 3. The van der Waals surface area contributed by atoms with Crippen LogP contribution in [0.1, 0.15) is 19.8 Å². The molecule has 0 aliphatic carbocycles. The van der Waals surface area contributed by atoms with E-state index < -0.39 is 15.5 Å². The molecule has 4 nitrogen and oxygen atoms in total. The summed E-state index contributed by atoms with van der Waals surface area (Å²) in [7, 11) is -5.19. The van der Waals surface area contributed by atoms with Crippen molar-refractivity contribution in [1.82, 2.24) is 4.31 Å². The summed E-state index contributed by atoms with van der Waals surface area (Å²) >= 11 is 0. The molecule has 2 atom stereocenters. The van der Waals surface area contributed by atoms with Gasteiger partial charge in [0.1, 0.15) is 0 Å². The predicted octanol–water partition coefficient (Wildman–Crippen LogP) is 0.895. The Hall–Kier alpha value is -0.340. The van der Waals surface area contributed by atoms with Gasteiger partial charge in [0.05, 0.1) is 0 Å². The number of nitrogens with zero attached hydrogens (tertiary/aromatic N) is 1. The molecule has 1 fully saturated rings. The molecule has 96 valence electrons. The quantitative estimate of drug-likeness (QED) is 0.802. The van der Waals surface area contributed by atoms with E-state index in [2.05, 4.69) is 0 Å². The van der Waals surface area contributed by atoms with Crippen molar-refractivity contribution in [1.29, 1.82) is 0 Å². The predicted molar refractivity (Wildman–Crippen MR) is 52.9 cm³/mol. The van der Waals surface area contributed by atoms with Crippen LogP contribution in [0.25, 0.3) is 0 Å². The highest BCUT2D eigenvalue weighted by molar-refractivity contribution is 7.90. The van der Waals surface area contributed by atoms with Crippen LogP contribution >= 0.6 is 0 Å². The fraction of sp³-hybridized carbons (Fsp3) is 1.00. The largest absolute Gasteiger partial charge is 0.511 e. The van der Waals surface area contributed by atoms with Crippen LogP contribution in [-0.2, 0) is 10.0 Å². The van der Waals surface area contributed by atoms with Crippen molar-refractivity contribution in [3.8, 4) is 0 Å². The van der Waals surface area contributed by atoms with Crippen LogP contribution in [0.3, 0.4) is 0 Å². The maximum atomic E-state index is 12.3. The molecule has 8 heteroatoms. The number of piperidine rings is 1. The van der Waals surface area contributed by atoms with Gasteiger partial charge in [0.15, 0.2) is 0 Å². The van der Waals surface area contributed by atoms with E-state index in [4.69, 9.17) is 5.73 Å². The molecule has 1 rings (SSSR count). The Kier molecular flexibility index (Phi) is 3.86. The van der Waals surface area contributed by atoms with Crippen LogP contribution in [0.5, 0.6) is 0 Å². The van der Waals surface area contributed by atoms with E-state index in [1.807, 2.05) is 0 Å². The topological polar surface area (TPSA) is 63.4 Å². The lowest BCUT2D eigenvalue weighted by molar-refractivity contribution is -0.0499. The summed E-state index contributed by atoms with van der Waals surface area (Å²) in [6.07, 6.45) is 1.09. The molecular weight excluding hydrogens is 245 g/mol. The zero-order valence-corrected chi connectivity index (χ0v) is 9.68. The van der Waals surface area contributed by atoms with Crippen LogP contribution < -0.4 is 5.73 Å². The third-order valence-corrected chi connectivity index (χ3v) is 4.39. The molecule has 1 aliphatic heterocycles. The van der Waals surface area contributed by atoms with Crippen molar-refractivity contribution in [2.45, 2.75) is 31.3 Å². The van der Waals surface area contributed by atoms with Crippen molar-refractivity contribution in [2.75, 3.05) is 13.1 Å². The van der Waals surface area contributed by atoms with E-state index in [1.54, 1.807) is 6.92 Å². The van der Waals surface area contributed by atoms with Gasteiger partial charge in [-0.2, -0.15) is 17.5 Å². The zero-order valence-electron chi connectivity index (χ0n) is 8.87. The third-order valence-electron chi connectivity index (χ3n) is 2.80. The van der Waals surface area contributed by atoms with Crippen LogP contribution in [-0.4, -0.2) is 37.4 Å². The SMILES string of the molecule is CC(N)C1CCCN(S(=O)(=O)C(F)(F)F)C1. The smallest absolute Gasteiger partial charge is 0.328 e. The number of rotatable bonds is 2. The van der Waals surface area contributed by atoms with Crippen molar-refractivity contribution < 1.29 is 21.6 Å². The number of nitrogens with two attached hydrogens (primary N) is 1. The number of halogens is 3. The van der Waals surface area contributed by atoms with Crippen molar-refractivity contribution in [3.63, 3.8) is 0 Å². The van der Waals surface area contributed by atoms with E-state index in [0.29, 0.717) is 17.1 Å². The van der Waals surface area contributed by atoms with Gasteiger partial charge in [-0.15, -0.1) is 0 Å². The van der Waals surface area contributed by atoms with Gasteiger partial charge >= 0.3 is 15.5 Å². The van der Waals surface area contributed by atoms with Gasteiger partial charge in [0, 0.05) is 19.1 Å². The average Bonchev–Trinajstić information content (AvgIpc) is 2.16. The van der Waals surface area contributed by atoms with Crippen LogP contribution in [0.2, 0.25) is 0 Å². The first-order chi connectivity index (χ1) is 7.16. The number of sulfonamides is 1. The Bertz CT molecular complexity index is 340. The van der Waals surface area contributed by atoms with Crippen molar-refractivity contribution in [2.24, 2.45) is 11.7 Å². The highest BCUT2D eigenvalue weighted by atomic mass is 32.2. The molecule has 0 aromatic rings. The molecule has 0 amide bonds. The fourth-order valence-corrected chi connectivity index (χ4v) is 2.82. The molecule has 1 heterocycles. The molecule has 0 spiro atoms. The Morgan fingerprint density at radius 3 is 2.44 bits per heavy atom. The fourth-order valence-electron chi connectivity index (χ4n) is 1.77. The monoisotopic (exact) mass is 260 g/mol. The molecule has 0 aromatic carbocycles. The summed E-state index contributed by atoms with van der Waals surface area (Å²) in [4.78, 5) is 0. The van der Waals surface area contributed by atoms with Crippen molar-refractivity contribution in [3.05, 3.63) is 0 Å². The average molecular weight is 260 g/mol. The van der Waals surface area contributed by atoms with Gasteiger partial charge in [-0.05, 0) is 25.7 Å². The number of hydrogen-bond donors (Lipinski definition) is 1. The number of hydrogen-bond acceptors (Lipinski definition) is 3. The minimum Gasteiger partial charge on any atom is -0.328 e. The van der Waals surface area contributed by atoms with Gasteiger partial charge in [-0.1, -0.05) is 0 Å². The van der Waals surface area contributed by atoms with E-state index in [9.17, 15) is 21.6 Å². The molecule has 1 saturated heterocycles. The van der Waals surface area contributed by atoms with Gasteiger partial charge in [-0.25, -0.2) is 8.42 Å². The van der Waals surface area contributed by atoms with Crippen LogP contribution in [0.4, 0.5) is 13.2 Å². The van der Waals surface area contributed by atoms with Gasteiger partial charge < -0.3 is 5.73 Å². The van der Waals surface area contributed by atoms with Crippen molar-refractivity contribution >= 4 is 10.0 Å². The summed E-state index contributed by atoms with van der Waals surface area (Å²) in [6.45, 7) is 1.46. The summed E-state index contributed by atoms with van der Waals surface area (Å²) in [5.41, 5.74) is 0.363. The van der Waals surface area contributed by atoms with Gasteiger partial charge in [0.2, 0.25) is 0 Å². The van der Waals surface area contributed by atoms with Gasteiger partial charge in [-0.3, -0.25) is 0 Å². The molecule has 0 radical (unpaired) electrons. The molecule has 2 N–H and O–H groups in total. The molecule has 2 unspecified atom stereocenters. The first-order valence-corrected chi connectivity index (χ1v) is 6.42. The van der Waals surface area contributed by atoms with Crippen LogP contribution in [0.15, 0.2) is 0 Å². The first kappa shape index (κ1) is 13.7. The second-order valence-electron chi connectivity index (χ2n) is 4.07. The highest BCUT2D eigenvalue weighted by Gasteiger charge is 2.50.